The first-order valence-electron chi connectivity index (χ1n) is 8.22. The summed E-state index contributed by atoms with van der Waals surface area (Å²) in [5.74, 6) is 0.585. The third kappa shape index (κ3) is 3.72. The largest absolute Gasteiger partial charge is 0.357 e. The van der Waals surface area contributed by atoms with Crippen molar-refractivity contribution >= 4 is 11.7 Å². The van der Waals surface area contributed by atoms with Crippen molar-refractivity contribution in [3.8, 4) is 6.07 Å². The summed E-state index contributed by atoms with van der Waals surface area (Å²) >= 11 is 0. The molecular formula is C19H20N4O. The minimum atomic E-state index is -0.288. The Hall–Kier alpha value is -2.87. The van der Waals surface area contributed by atoms with Crippen molar-refractivity contribution in [1.82, 2.24) is 9.88 Å². The maximum Gasteiger partial charge on any atom is 0.245 e. The fraction of sp³-hybridized carbons (Fsp3) is 0.316. The number of amides is 1. The molecule has 2 heterocycles. The van der Waals surface area contributed by atoms with Crippen molar-refractivity contribution in [3.63, 3.8) is 0 Å². The van der Waals surface area contributed by atoms with E-state index in [4.69, 9.17) is 5.26 Å². The third-order valence-corrected chi connectivity index (χ3v) is 4.27. The second kappa shape index (κ2) is 7.60. The standard InChI is InChI=1S/C19H20N4O/c20-14-16-9-4-11-21-18(16)22-17-10-13-23(19(17)24)12-5-8-15-6-2-1-3-7-15/h1-4,6-7,9,11,17H,5,8,10,12-13H2,(H,21,22). The highest BCUT2D eigenvalue weighted by atomic mass is 16.2. The van der Waals surface area contributed by atoms with Gasteiger partial charge in [-0.05, 0) is 37.0 Å². The molecule has 5 nitrogen and oxygen atoms in total. The van der Waals surface area contributed by atoms with Gasteiger partial charge in [0.05, 0.1) is 5.56 Å². The van der Waals surface area contributed by atoms with Gasteiger partial charge < -0.3 is 10.2 Å². The summed E-state index contributed by atoms with van der Waals surface area (Å²) in [6.07, 6.45) is 4.29. The second-order valence-electron chi connectivity index (χ2n) is 5.91. The topological polar surface area (TPSA) is 69.0 Å². The van der Waals surface area contributed by atoms with Crippen molar-refractivity contribution in [2.24, 2.45) is 0 Å². The number of aromatic nitrogens is 1. The van der Waals surface area contributed by atoms with Crippen LogP contribution in [0.1, 0.15) is 24.0 Å². The molecule has 122 valence electrons. The maximum absolute atomic E-state index is 12.5. The monoisotopic (exact) mass is 320 g/mol. The van der Waals surface area contributed by atoms with E-state index in [0.29, 0.717) is 11.4 Å². The molecule has 1 aliphatic heterocycles. The quantitative estimate of drug-likeness (QED) is 0.888. The summed E-state index contributed by atoms with van der Waals surface area (Å²) in [4.78, 5) is 18.6. The molecule has 0 spiro atoms. The Morgan fingerprint density at radius 1 is 1.25 bits per heavy atom. The summed E-state index contributed by atoms with van der Waals surface area (Å²) in [6, 6.07) is 15.5. The Bertz CT molecular complexity index is 739. The lowest BCUT2D eigenvalue weighted by molar-refractivity contribution is -0.128. The van der Waals surface area contributed by atoms with Gasteiger partial charge in [0.15, 0.2) is 0 Å². The summed E-state index contributed by atoms with van der Waals surface area (Å²) < 4.78 is 0. The van der Waals surface area contributed by atoms with Crippen molar-refractivity contribution in [2.45, 2.75) is 25.3 Å². The van der Waals surface area contributed by atoms with Gasteiger partial charge in [-0.3, -0.25) is 4.79 Å². The van der Waals surface area contributed by atoms with E-state index in [-0.39, 0.29) is 11.9 Å². The molecule has 1 aliphatic rings. The number of aryl methyl sites for hydroxylation is 1. The fourth-order valence-corrected chi connectivity index (χ4v) is 2.99. The minimum absolute atomic E-state index is 0.0950. The second-order valence-corrected chi connectivity index (χ2v) is 5.91. The van der Waals surface area contributed by atoms with Crippen LogP contribution in [0.3, 0.4) is 0 Å². The van der Waals surface area contributed by atoms with Gasteiger partial charge in [-0.1, -0.05) is 30.3 Å². The zero-order chi connectivity index (χ0) is 16.8. The Balaban J connectivity index is 1.52. The van der Waals surface area contributed by atoms with Crippen LogP contribution in [-0.4, -0.2) is 34.9 Å². The average Bonchev–Trinajstić information content (AvgIpc) is 2.97. The zero-order valence-corrected chi connectivity index (χ0v) is 13.5. The van der Waals surface area contributed by atoms with E-state index in [0.717, 1.165) is 32.4 Å². The van der Waals surface area contributed by atoms with Crippen molar-refractivity contribution in [3.05, 3.63) is 59.8 Å². The van der Waals surface area contributed by atoms with E-state index in [2.05, 4.69) is 28.5 Å². The van der Waals surface area contributed by atoms with E-state index < -0.39 is 0 Å². The van der Waals surface area contributed by atoms with Crippen LogP contribution in [0.25, 0.3) is 0 Å². The lowest BCUT2D eigenvalue weighted by Crippen LogP contribution is -2.34. The molecule has 2 aromatic rings. The highest BCUT2D eigenvalue weighted by Gasteiger charge is 2.31. The number of nitriles is 1. The summed E-state index contributed by atoms with van der Waals surface area (Å²) in [7, 11) is 0. The highest BCUT2D eigenvalue weighted by Crippen LogP contribution is 2.18. The molecule has 3 rings (SSSR count). The normalized spacial score (nSPS) is 16.9. The molecule has 1 amide bonds. The smallest absolute Gasteiger partial charge is 0.245 e. The Morgan fingerprint density at radius 2 is 2.08 bits per heavy atom. The Kier molecular flexibility index (Phi) is 5.07. The molecule has 24 heavy (non-hydrogen) atoms. The van der Waals surface area contributed by atoms with Gasteiger partial charge in [-0.15, -0.1) is 0 Å². The zero-order valence-electron chi connectivity index (χ0n) is 13.5. The van der Waals surface area contributed by atoms with E-state index in [1.165, 1.54) is 5.56 Å². The van der Waals surface area contributed by atoms with Crippen LogP contribution in [0.2, 0.25) is 0 Å². The summed E-state index contributed by atoms with van der Waals surface area (Å²) in [6.45, 7) is 1.51. The molecule has 0 radical (unpaired) electrons. The molecular weight excluding hydrogens is 300 g/mol. The van der Waals surface area contributed by atoms with Gasteiger partial charge in [-0.25, -0.2) is 4.98 Å². The van der Waals surface area contributed by atoms with Gasteiger partial charge in [0.1, 0.15) is 17.9 Å². The Morgan fingerprint density at radius 3 is 2.88 bits per heavy atom. The van der Waals surface area contributed by atoms with Gasteiger partial charge in [0.25, 0.3) is 0 Å². The molecule has 1 N–H and O–H groups in total. The molecule has 1 unspecified atom stereocenters. The molecule has 0 bridgehead atoms. The molecule has 0 aliphatic carbocycles. The van der Waals surface area contributed by atoms with Crippen molar-refractivity contribution < 1.29 is 4.79 Å². The van der Waals surface area contributed by atoms with E-state index in [1.807, 2.05) is 23.1 Å². The number of anilines is 1. The average molecular weight is 320 g/mol. The molecule has 5 heteroatoms. The lowest BCUT2D eigenvalue weighted by Gasteiger charge is -2.17. The van der Waals surface area contributed by atoms with Crippen molar-refractivity contribution in [1.29, 1.82) is 5.26 Å². The van der Waals surface area contributed by atoms with Crippen molar-refractivity contribution in [2.75, 3.05) is 18.4 Å². The lowest BCUT2D eigenvalue weighted by atomic mass is 10.1. The van der Waals surface area contributed by atoms with Gasteiger partial charge >= 0.3 is 0 Å². The first-order chi connectivity index (χ1) is 11.8. The number of pyridine rings is 1. The van der Waals surface area contributed by atoms with Crippen LogP contribution in [-0.2, 0) is 11.2 Å². The van der Waals surface area contributed by atoms with Crippen LogP contribution in [0.15, 0.2) is 48.7 Å². The first-order valence-corrected chi connectivity index (χ1v) is 8.22. The molecule has 1 fully saturated rings. The molecule has 1 aromatic heterocycles. The number of likely N-dealkylation sites (tertiary alicyclic amines) is 1. The number of hydrogen-bond donors (Lipinski definition) is 1. The van der Waals surface area contributed by atoms with Crippen LogP contribution in [0.5, 0.6) is 0 Å². The molecule has 1 aromatic carbocycles. The van der Waals surface area contributed by atoms with Gasteiger partial charge in [0, 0.05) is 19.3 Å². The number of benzene rings is 1. The minimum Gasteiger partial charge on any atom is -0.357 e. The Labute approximate surface area is 141 Å². The number of nitrogens with one attached hydrogen (secondary N) is 1. The summed E-state index contributed by atoms with van der Waals surface area (Å²) in [5, 5.41) is 12.2. The van der Waals surface area contributed by atoms with Gasteiger partial charge in [0.2, 0.25) is 5.91 Å². The fourth-order valence-electron chi connectivity index (χ4n) is 2.99. The van der Waals surface area contributed by atoms with E-state index >= 15 is 0 Å². The summed E-state index contributed by atoms with van der Waals surface area (Å²) in [5.41, 5.74) is 1.76. The highest BCUT2D eigenvalue weighted by molar-refractivity contribution is 5.86. The van der Waals surface area contributed by atoms with E-state index in [1.54, 1.807) is 18.3 Å². The van der Waals surface area contributed by atoms with Crippen LogP contribution >= 0.6 is 0 Å². The molecule has 0 saturated carbocycles. The van der Waals surface area contributed by atoms with Crippen LogP contribution in [0.4, 0.5) is 5.82 Å². The predicted molar refractivity (Wildman–Crippen MR) is 92.3 cm³/mol. The maximum atomic E-state index is 12.5. The van der Waals surface area contributed by atoms with Crippen LogP contribution < -0.4 is 5.32 Å². The van der Waals surface area contributed by atoms with Gasteiger partial charge in [-0.2, -0.15) is 5.26 Å². The number of hydrogen-bond acceptors (Lipinski definition) is 4. The number of nitrogens with zero attached hydrogens (tertiary/aromatic N) is 3. The van der Waals surface area contributed by atoms with E-state index in [9.17, 15) is 4.79 Å². The number of carbonyl (C=O) groups is 1. The predicted octanol–water partition coefficient (Wildman–Crippen LogP) is 2.60. The third-order valence-electron chi connectivity index (χ3n) is 4.27. The number of carbonyl (C=O) groups excluding carboxylic acids is 1. The SMILES string of the molecule is N#Cc1cccnc1NC1CCN(CCCc2ccccc2)C1=O. The molecule has 1 atom stereocenters. The number of rotatable bonds is 6. The first kappa shape index (κ1) is 16.0. The molecule has 1 saturated heterocycles. The van der Waals surface area contributed by atoms with Crippen LogP contribution in [0, 0.1) is 11.3 Å².